The van der Waals surface area contributed by atoms with Crippen LogP contribution in [0, 0.1) is 50.5 Å². The lowest BCUT2D eigenvalue weighted by molar-refractivity contribution is 0.00432. The molecule has 0 spiro atoms. The fourth-order valence-corrected chi connectivity index (χ4v) is 13.8. The first-order chi connectivity index (χ1) is 39.5. The number of phenols is 2. The summed E-state index contributed by atoms with van der Waals surface area (Å²) in [7, 11) is 9.07. The minimum atomic E-state index is -0.421. The van der Waals surface area contributed by atoms with E-state index >= 15 is 8.78 Å². The minimum absolute atomic E-state index is 0.00435. The highest BCUT2D eigenvalue weighted by atomic mass is 79.9. The molecule has 2 N–H and O–H groups in total. The number of hydrogen-bond acceptors (Lipinski definition) is 2. The Bertz CT molecular complexity index is 3830. The Labute approximate surface area is 523 Å². The van der Waals surface area contributed by atoms with Crippen molar-refractivity contribution in [2.45, 2.75) is 198 Å². The molecule has 8 aromatic rings. The number of benzene rings is 7. The summed E-state index contributed by atoms with van der Waals surface area (Å²) in [5.41, 5.74) is 11.9. The summed E-state index contributed by atoms with van der Waals surface area (Å²) in [5, 5.41) is 28.0. The number of rotatable bonds is 15. The Kier molecular flexibility index (Phi) is 17.9. The number of aryl methyl sites for hydroxylation is 2. The van der Waals surface area contributed by atoms with Gasteiger partial charge in [0.25, 0.3) is 0 Å². The molecule has 460 valence electrons. The van der Waals surface area contributed by atoms with Crippen LogP contribution in [0.4, 0.5) is 8.78 Å². The van der Waals surface area contributed by atoms with Gasteiger partial charge in [-0.2, -0.15) is 0 Å². The molecule has 0 aliphatic heterocycles. The third kappa shape index (κ3) is 14.1. The van der Waals surface area contributed by atoms with E-state index in [1.54, 1.807) is 0 Å². The van der Waals surface area contributed by atoms with Gasteiger partial charge in [-0.3, -0.25) is 0 Å². The minimum Gasteiger partial charge on any atom is -0.711 e. The molecule has 1 aromatic heterocycles. The maximum absolute atomic E-state index is 16.2. The number of fused-ring (bicyclic) bond motifs is 3. The lowest BCUT2D eigenvalue weighted by Gasteiger charge is -2.35. The predicted octanol–water partition coefficient (Wildman–Crippen LogP) is 23.8. The highest BCUT2D eigenvalue weighted by Gasteiger charge is 2.35. The summed E-state index contributed by atoms with van der Waals surface area (Å²) < 4.78 is 41.4. The SMILES string of the molecule is [CH2-][O+](CCCC[O+]([CH2-])c1c(C)cc(F)cc1-c1cc(C(C)(C)CC(C)(C)C)cc(-n2c3cc(Br)ccc3c3ccc(C(C)(C)C)cc32)c1O)c1c(C)cc(F)cc1-c1cc(C(C)(C)CC(C)(C)C)cc(-c2cc(C(C)(C)C)cc(C(C)(C)C)c2)c1O. The summed E-state index contributed by atoms with van der Waals surface area (Å²) in [6.45, 7) is 47.0. The van der Waals surface area contributed by atoms with Crippen LogP contribution in [0.15, 0.2) is 108 Å². The highest BCUT2D eigenvalue weighted by Crippen LogP contribution is 2.53. The molecule has 0 saturated heterocycles. The van der Waals surface area contributed by atoms with Crippen molar-refractivity contribution in [3.63, 3.8) is 0 Å². The molecule has 1 heterocycles. The zero-order valence-corrected chi connectivity index (χ0v) is 57.3. The largest absolute Gasteiger partial charge is 0.711 e. The molecule has 0 aliphatic carbocycles. The van der Waals surface area contributed by atoms with Crippen LogP contribution in [0.1, 0.15) is 196 Å². The Morgan fingerprint density at radius 1 is 0.442 bits per heavy atom. The van der Waals surface area contributed by atoms with Crippen molar-refractivity contribution < 1.29 is 27.7 Å². The van der Waals surface area contributed by atoms with Gasteiger partial charge in [0.05, 0.1) is 27.8 Å². The molecule has 8 heteroatoms. The summed E-state index contributed by atoms with van der Waals surface area (Å²) in [6, 6.07) is 34.1. The molecule has 7 aromatic carbocycles. The number of aromatic hydroxyl groups is 2. The molecule has 0 atom stereocenters. The summed E-state index contributed by atoms with van der Waals surface area (Å²) in [6.07, 6.45) is 2.95. The van der Waals surface area contributed by atoms with Crippen LogP contribution in [-0.4, -0.2) is 28.0 Å². The van der Waals surface area contributed by atoms with Crippen molar-refractivity contribution in [1.82, 2.24) is 4.57 Å². The summed E-state index contributed by atoms with van der Waals surface area (Å²) in [4.78, 5) is 0. The van der Waals surface area contributed by atoms with Crippen molar-refractivity contribution in [3.8, 4) is 62.1 Å². The Morgan fingerprint density at radius 2 is 0.849 bits per heavy atom. The third-order valence-corrected chi connectivity index (χ3v) is 17.7. The quantitative estimate of drug-likeness (QED) is 0.0611. The van der Waals surface area contributed by atoms with Gasteiger partial charge in [-0.15, -0.1) is 0 Å². The van der Waals surface area contributed by atoms with Gasteiger partial charge < -0.3 is 23.5 Å². The molecule has 0 bridgehead atoms. The van der Waals surface area contributed by atoms with Crippen molar-refractivity contribution in [1.29, 1.82) is 0 Å². The second-order valence-electron chi connectivity index (χ2n) is 31.6. The predicted molar refractivity (Wildman–Crippen MR) is 365 cm³/mol. The topological polar surface area (TPSA) is 50.8 Å². The number of aromatic nitrogens is 1. The van der Waals surface area contributed by atoms with E-state index in [-0.39, 0.29) is 49.4 Å². The van der Waals surface area contributed by atoms with E-state index in [1.165, 1.54) is 41.0 Å². The van der Waals surface area contributed by atoms with E-state index < -0.39 is 11.6 Å². The zero-order chi connectivity index (χ0) is 63.9. The maximum Gasteiger partial charge on any atom is 0.237 e. The average Bonchev–Trinajstić information content (AvgIpc) is 1.47. The van der Waals surface area contributed by atoms with E-state index in [4.69, 9.17) is 0 Å². The molecular formula is C78H98BrF2NO4. The molecule has 0 saturated carbocycles. The standard InChI is InChI=1S/C78H98BrF2NO4/c1-47-32-56(80)43-63(61-38-53(77(18,19)45-72(3,4)5)37-60(68(61)83)49-34-51(75(12,13)14)36-52(35-49)76(15,16)17)70(47)85(22)30-24-25-31-86(23)71-48(2)33-57(81)44-64(71)62-39-54(78(20,21)46-73(6,7)8)41-67(69(62)84)82-65-40-50(74(9,10)11)26-28-58(65)59-29-27-55(79)42-66(59)82/h26-29,32-44,83-84H,22-25,30-31,45-46H2,1-21H3. The van der Waals surface area contributed by atoms with Crippen molar-refractivity contribution in [2.24, 2.45) is 10.8 Å². The van der Waals surface area contributed by atoms with Crippen molar-refractivity contribution >= 4 is 37.7 Å². The number of unbranched alkanes of at least 4 members (excludes halogenated alkanes) is 1. The van der Waals surface area contributed by atoms with Crippen LogP contribution in [0.5, 0.6) is 23.0 Å². The highest BCUT2D eigenvalue weighted by molar-refractivity contribution is 9.10. The summed E-state index contributed by atoms with van der Waals surface area (Å²) in [5.74, 6) is 0.575. The van der Waals surface area contributed by atoms with Crippen LogP contribution in [0.2, 0.25) is 0 Å². The van der Waals surface area contributed by atoms with Gasteiger partial charge >= 0.3 is 0 Å². The molecule has 8 rings (SSSR count). The Balaban J connectivity index is 1.19. The van der Waals surface area contributed by atoms with Gasteiger partial charge in [0, 0.05) is 55.9 Å². The van der Waals surface area contributed by atoms with Crippen molar-refractivity contribution in [2.75, 3.05) is 13.2 Å². The third-order valence-electron chi connectivity index (χ3n) is 17.2. The summed E-state index contributed by atoms with van der Waals surface area (Å²) >= 11 is 3.77. The normalized spacial score (nSPS) is 13.1. The van der Waals surface area contributed by atoms with Gasteiger partial charge in [-0.05, 0) is 179 Å². The monoisotopic (exact) mass is 1230 g/mol. The maximum atomic E-state index is 16.2. The first-order valence-electron chi connectivity index (χ1n) is 30.7. The fourth-order valence-electron chi connectivity index (χ4n) is 13.4. The molecule has 86 heavy (non-hydrogen) atoms. The van der Waals surface area contributed by atoms with Crippen LogP contribution >= 0.6 is 15.9 Å². The molecule has 0 fully saturated rings. The van der Waals surface area contributed by atoms with Crippen molar-refractivity contribution in [3.05, 3.63) is 172 Å². The van der Waals surface area contributed by atoms with Crippen LogP contribution in [0.25, 0.3) is 60.9 Å². The average molecular weight is 1230 g/mol. The lowest BCUT2D eigenvalue weighted by Crippen LogP contribution is -2.25. The number of hydrogen-bond donors (Lipinski definition) is 2. The Morgan fingerprint density at radius 3 is 1.29 bits per heavy atom. The van der Waals surface area contributed by atoms with Gasteiger partial charge in [0.15, 0.2) is 0 Å². The molecule has 5 nitrogen and oxygen atoms in total. The van der Waals surface area contributed by atoms with Crippen LogP contribution in [-0.2, 0) is 35.8 Å². The van der Waals surface area contributed by atoms with E-state index in [9.17, 15) is 10.2 Å². The molecule has 0 radical (unpaired) electrons. The lowest BCUT2D eigenvalue weighted by atomic mass is 9.71. The molecular weight excluding hydrogens is 1130 g/mol. The second-order valence-corrected chi connectivity index (χ2v) is 32.5. The smallest absolute Gasteiger partial charge is 0.237 e. The number of nitrogens with zero attached hydrogens (tertiary/aromatic N) is 1. The van der Waals surface area contributed by atoms with Gasteiger partial charge in [0.1, 0.15) is 36.3 Å². The van der Waals surface area contributed by atoms with Gasteiger partial charge in [0.2, 0.25) is 11.5 Å². The first-order valence-corrected chi connectivity index (χ1v) is 31.5. The molecule has 0 aliphatic rings. The zero-order valence-electron chi connectivity index (χ0n) is 55.8. The fraction of sp³-hybridized carbons (Fsp3) is 0.436. The molecule has 0 amide bonds. The Hall–Kier alpha value is -6.12. The second kappa shape index (κ2) is 23.4. The first kappa shape index (κ1) is 65.8. The van der Waals surface area contributed by atoms with Crippen LogP contribution < -0.4 is 0 Å². The van der Waals surface area contributed by atoms with Gasteiger partial charge in [-0.1, -0.05) is 184 Å². The van der Waals surface area contributed by atoms with E-state index in [1.807, 2.05) is 13.8 Å². The number of halogens is 3. The number of phenolic OH excluding ortho intramolecular Hbond substituents is 2. The van der Waals surface area contributed by atoms with E-state index in [0.717, 1.165) is 55.8 Å². The van der Waals surface area contributed by atoms with E-state index in [2.05, 4.69) is 254 Å². The van der Waals surface area contributed by atoms with Crippen LogP contribution in [0.3, 0.4) is 0 Å². The van der Waals surface area contributed by atoms with E-state index in [0.29, 0.717) is 82.2 Å². The van der Waals surface area contributed by atoms with Gasteiger partial charge in [-0.25, -0.2) is 8.78 Å². The molecule has 0 unspecified atom stereocenters.